The highest BCUT2D eigenvalue weighted by molar-refractivity contribution is 8.03. The molecule has 256 valence electrons. The predicted molar refractivity (Wildman–Crippen MR) is 169 cm³/mol. The lowest BCUT2D eigenvalue weighted by Crippen LogP contribution is -2.63. The lowest BCUT2D eigenvalue weighted by atomic mass is 9.79. The van der Waals surface area contributed by atoms with Gasteiger partial charge in [-0.1, -0.05) is 6.92 Å². The zero-order valence-electron chi connectivity index (χ0n) is 26.4. The van der Waals surface area contributed by atoms with Crippen LogP contribution in [0.5, 0.6) is 0 Å². The molecule has 2 unspecified atom stereocenters. The number of rotatable bonds is 9. The number of aliphatic hydroxyl groups excluding tert-OH is 1. The fourth-order valence-electron chi connectivity index (χ4n) is 7.01. The van der Waals surface area contributed by atoms with Gasteiger partial charge in [-0.2, -0.15) is 8.61 Å². The van der Waals surface area contributed by atoms with E-state index in [0.717, 1.165) is 25.8 Å². The minimum Gasteiger partial charge on any atom is -0.477 e. The summed E-state index contributed by atoms with van der Waals surface area (Å²) in [7, 11) is -4.63. The Morgan fingerprint density at radius 3 is 2.33 bits per heavy atom. The Morgan fingerprint density at radius 2 is 1.76 bits per heavy atom. The van der Waals surface area contributed by atoms with E-state index in [1.165, 1.54) is 27.2 Å². The van der Waals surface area contributed by atoms with Gasteiger partial charge in [0.25, 0.3) is 0 Å². The Hall–Kier alpha value is -1.64. The lowest BCUT2D eigenvalue weighted by molar-refractivity contribution is -0.163. The van der Waals surface area contributed by atoms with Gasteiger partial charge in [-0.3, -0.25) is 4.79 Å². The maximum atomic E-state index is 12.5. The molecular formula is C27H46N6O9S3. The number of β-lactam (4-membered cyclic amide) rings is 1. The second-order valence-corrected chi connectivity index (χ2v) is 17.8. The van der Waals surface area contributed by atoms with Gasteiger partial charge in [0.15, 0.2) is 0 Å². The van der Waals surface area contributed by atoms with Gasteiger partial charge in [0, 0.05) is 74.5 Å². The van der Waals surface area contributed by atoms with Crippen LogP contribution >= 0.6 is 11.8 Å². The fraction of sp³-hybridized carbons (Fsp3) is 0.815. The van der Waals surface area contributed by atoms with E-state index in [0.29, 0.717) is 57.0 Å². The van der Waals surface area contributed by atoms with Gasteiger partial charge in [0.05, 0.1) is 36.6 Å². The molecule has 0 radical (unpaired) electrons. The maximum absolute atomic E-state index is 12.5. The molecule has 3 N–H and O–H groups in total. The number of thioether (sulfide) groups is 1. The van der Waals surface area contributed by atoms with E-state index in [-0.39, 0.29) is 34.9 Å². The van der Waals surface area contributed by atoms with Crippen LogP contribution in [-0.2, 0) is 34.4 Å². The number of amides is 1. The molecule has 5 aliphatic heterocycles. The topological polar surface area (TPSA) is 188 Å². The van der Waals surface area contributed by atoms with Crippen molar-refractivity contribution < 1.29 is 41.4 Å². The molecule has 7 atom stereocenters. The van der Waals surface area contributed by atoms with E-state index in [4.69, 9.17) is 0 Å². The second-order valence-electron chi connectivity index (χ2n) is 12.6. The molecule has 0 spiro atoms. The van der Waals surface area contributed by atoms with E-state index in [9.17, 15) is 41.4 Å². The Balaban J connectivity index is 0.000000297. The average molecular weight is 695 g/mol. The quantitative estimate of drug-likeness (QED) is 0.177. The van der Waals surface area contributed by atoms with E-state index in [2.05, 4.69) is 10.2 Å². The van der Waals surface area contributed by atoms with Crippen molar-refractivity contribution in [2.45, 2.75) is 49.7 Å². The number of aliphatic hydroxyl groups is 1. The van der Waals surface area contributed by atoms with Crippen LogP contribution in [0.3, 0.4) is 0 Å². The number of nitrogens with one attached hydrogen (secondary N) is 1. The summed E-state index contributed by atoms with van der Waals surface area (Å²) >= 11 is 1.53. The minimum atomic E-state index is -3.27. The molecule has 0 aliphatic carbocycles. The first-order valence-electron chi connectivity index (χ1n) is 15.1. The number of piperazine rings is 2. The number of nitrogens with zero attached hydrogens (tertiary/aromatic N) is 5. The molecule has 0 aromatic heterocycles. The van der Waals surface area contributed by atoms with Crippen LogP contribution in [0.25, 0.3) is 0 Å². The smallest absolute Gasteiger partial charge is 0.353 e. The summed E-state index contributed by atoms with van der Waals surface area (Å²) < 4.78 is 49.5. The number of carbonyl (C=O) groups excluding carboxylic acids is 2. The number of fused-ring (bicyclic) bond motifs is 1. The van der Waals surface area contributed by atoms with Crippen molar-refractivity contribution in [1.82, 2.24) is 28.6 Å². The van der Waals surface area contributed by atoms with Gasteiger partial charge in [0.2, 0.25) is 26.0 Å². The minimum absolute atomic E-state index is 0.0626. The largest absolute Gasteiger partial charge is 0.477 e. The number of carbonyl (C=O) groups is 3. The number of sulfonamides is 2. The van der Waals surface area contributed by atoms with Crippen LogP contribution in [0.4, 0.5) is 0 Å². The van der Waals surface area contributed by atoms with Crippen LogP contribution < -0.4 is 5.32 Å². The molecule has 0 aromatic carbocycles. The van der Waals surface area contributed by atoms with Gasteiger partial charge in [0.1, 0.15) is 12.0 Å². The van der Waals surface area contributed by atoms with Gasteiger partial charge in [-0.05, 0) is 26.9 Å². The van der Waals surface area contributed by atoms with E-state index >= 15 is 0 Å². The zero-order valence-corrected chi connectivity index (χ0v) is 28.9. The number of hydrogen-bond acceptors (Lipinski definition) is 12. The molecule has 5 heterocycles. The monoisotopic (exact) mass is 694 g/mol. The molecule has 0 aromatic rings. The first-order chi connectivity index (χ1) is 20.9. The van der Waals surface area contributed by atoms with Gasteiger partial charge >= 0.3 is 5.97 Å². The number of hydrogen-bond donors (Lipinski definition) is 3. The Morgan fingerprint density at radius 1 is 1.09 bits per heavy atom. The molecular weight excluding hydrogens is 649 g/mol. The van der Waals surface area contributed by atoms with Crippen molar-refractivity contribution in [1.29, 1.82) is 0 Å². The van der Waals surface area contributed by atoms with Crippen LogP contribution in [0.15, 0.2) is 10.6 Å². The molecule has 18 heteroatoms. The third-order valence-corrected chi connectivity index (χ3v) is 13.4. The van der Waals surface area contributed by atoms with Crippen LogP contribution in [0.2, 0.25) is 0 Å². The number of carboxylic acids is 1. The maximum Gasteiger partial charge on any atom is 0.353 e. The van der Waals surface area contributed by atoms with E-state index < -0.39 is 44.1 Å². The molecule has 5 rings (SSSR count). The molecule has 4 saturated heterocycles. The summed E-state index contributed by atoms with van der Waals surface area (Å²) in [5.74, 6) is -2.12. The third-order valence-electron chi connectivity index (χ3n) is 9.18. The summed E-state index contributed by atoms with van der Waals surface area (Å²) in [5, 5.41) is 23.2. The first-order valence-corrected chi connectivity index (χ1v) is 19.7. The number of carboxylic acid groups (broad SMARTS) is 1. The normalized spacial score (nSPS) is 32.9. The summed E-state index contributed by atoms with van der Waals surface area (Å²) in [4.78, 5) is 41.4. The van der Waals surface area contributed by atoms with E-state index in [1.807, 2.05) is 18.9 Å². The molecule has 45 heavy (non-hydrogen) atoms. The van der Waals surface area contributed by atoms with Crippen molar-refractivity contribution in [2.24, 2.45) is 11.8 Å². The van der Waals surface area contributed by atoms with Crippen molar-refractivity contribution in [3.63, 3.8) is 0 Å². The number of aliphatic carboxylic acids is 1. The molecule has 0 saturated carbocycles. The van der Waals surface area contributed by atoms with Crippen molar-refractivity contribution in [3.05, 3.63) is 10.6 Å². The Labute approximate surface area is 270 Å². The highest BCUT2D eigenvalue weighted by Crippen LogP contribution is 2.51. The Kier molecular flexibility index (Phi) is 11.4. The molecule has 0 bridgehead atoms. The van der Waals surface area contributed by atoms with Crippen molar-refractivity contribution >= 4 is 50.0 Å². The van der Waals surface area contributed by atoms with Gasteiger partial charge < -0.3 is 35.0 Å². The Bertz CT molecular complexity index is 1390. The van der Waals surface area contributed by atoms with Crippen molar-refractivity contribution in [3.8, 4) is 0 Å². The summed E-state index contributed by atoms with van der Waals surface area (Å²) in [6, 6.07) is -0.938. The summed E-state index contributed by atoms with van der Waals surface area (Å²) in [6.45, 7) is 8.99. The van der Waals surface area contributed by atoms with E-state index in [1.54, 1.807) is 11.2 Å². The van der Waals surface area contributed by atoms with Crippen LogP contribution in [0.1, 0.15) is 20.3 Å². The predicted octanol–water partition coefficient (Wildman–Crippen LogP) is -2.06. The molecule has 1 amide bonds. The molecule has 4 fully saturated rings. The highest BCUT2D eigenvalue weighted by Gasteiger charge is 2.60. The zero-order chi connectivity index (χ0) is 33.4. The third kappa shape index (κ3) is 7.92. The fourth-order valence-corrected chi connectivity index (χ4v) is 10.7. The van der Waals surface area contributed by atoms with Gasteiger partial charge in [-0.25, -0.2) is 21.6 Å². The number of likely N-dealkylation sites (N-methyl/N-ethyl adjacent to an activating group) is 1. The second kappa shape index (κ2) is 14.2. The first kappa shape index (κ1) is 36.2. The van der Waals surface area contributed by atoms with Crippen LogP contribution in [-0.4, -0.2) is 176 Å². The van der Waals surface area contributed by atoms with Crippen LogP contribution in [0, 0.1) is 11.8 Å². The number of aldehydes is 1. The summed E-state index contributed by atoms with van der Waals surface area (Å²) in [6.07, 6.45) is 3.13. The highest BCUT2D eigenvalue weighted by atomic mass is 32.2. The number of likely N-dealkylation sites (tertiary alicyclic amines) is 1. The van der Waals surface area contributed by atoms with Crippen molar-refractivity contribution in [2.75, 3.05) is 78.5 Å². The molecule has 5 aliphatic rings. The lowest BCUT2D eigenvalue weighted by Gasteiger charge is -2.46. The SMILES string of the molecule is CN1CCN(S(C)(=O)=O)C(C=O)C1.C[C@@H](O)[C@H]1C(=O)N2C(C(=O)O)=C(S[C@@H]3CCN(CC4CNCCN4S(C)(=O)=O)C3)[C@H](C)[C@H]12. The standard InChI is InChI=1S/C20H32N4O6S2.C7H14N2O3S/c1-11-16-15(12(2)25)19(26)24(16)17(20(27)28)18(11)31-14-4-6-22(10-14)9-13-8-21-5-7-23(13)32(3,29)30;1-8-3-4-9(13(2,11)12)7(5-8)6-10/h11-16,21,25H,4-10H2,1-3H3,(H,27,28);6-7H,3-5H2,1-2H3/t11-,12-,13?,14-,15-,16-;/m1./s1. The molecule has 15 nitrogen and oxygen atoms in total. The average Bonchev–Trinajstić information content (AvgIpc) is 3.47. The van der Waals surface area contributed by atoms with Gasteiger partial charge in [-0.15, -0.1) is 11.8 Å². The summed E-state index contributed by atoms with van der Waals surface area (Å²) in [5.41, 5.74) is 0.0626.